The quantitative estimate of drug-likeness (QED) is 0.636. The van der Waals surface area contributed by atoms with Crippen molar-refractivity contribution in [2.24, 2.45) is 0 Å². The van der Waals surface area contributed by atoms with Gasteiger partial charge in [0.25, 0.3) is 0 Å². The van der Waals surface area contributed by atoms with E-state index >= 15 is 0 Å². The van der Waals surface area contributed by atoms with Crippen LogP contribution in [0.25, 0.3) is 0 Å². The molecule has 1 aromatic carbocycles. The van der Waals surface area contributed by atoms with Crippen LogP contribution in [-0.2, 0) is 4.79 Å². The fourth-order valence-electron chi connectivity index (χ4n) is 2.64. The molecule has 3 N–H and O–H groups in total. The number of carbonyl (C=O) groups excluding carboxylic acids is 2. The van der Waals surface area contributed by atoms with Crippen LogP contribution in [0.5, 0.6) is 0 Å². The van der Waals surface area contributed by atoms with Crippen molar-refractivity contribution >= 4 is 23.3 Å². The minimum atomic E-state index is -0.454. The molecule has 0 aliphatic heterocycles. The van der Waals surface area contributed by atoms with Gasteiger partial charge in [0.15, 0.2) is 0 Å². The molecular formula is C21H29N3O2S. The van der Waals surface area contributed by atoms with Crippen LogP contribution in [0.1, 0.15) is 62.1 Å². The van der Waals surface area contributed by atoms with Gasteiger partial charge in [0.1, 0.15) is 0 Å². The van der Waals surface area contributed by atoms with Crippen LogP contribution in [0.3, 0.4) is 0 Å². The summed E-state index contributed by atoms with van der Waals surface area (Å²) >= 11 is 1.64. The molecule has 0 saturated heterocycles. The third-order valence-corrected chi connectivity index (χ3v) is 5.41. The zero-order valence-corrected chi connectivity index (χ0v) is 17.2. The van der Waals surface area contributed by atoms with Gasteiger partial charge < -0.3 is 5.32 Å². The highest BCUT2D eigenvalue weighted by Gasteiger charge is 2.17. The molecule has 5 nitrogen and oxygen atoms in total. The van der Waals surface area contributed by atoms with Crippen molar-refractivity contribution in [1.29, 1.82) is 0 Å². The summed E-state index contributed by atoms with van der Waals surface area (Å²) in [6.45, 7) is 8.26. The third kappa shape index (κ3) is 6.48. The van der Waals surface area contributed by atoms with Gasteiger partial charge in [-0.25, -0.2) is 4.79 Å². The lowest BCUT2D eigenvalue weighted by atomic mass is 9.98. The molecule has 0 radical (unpaired) electrons. The summed E-state index contributed by atoms with van der Waals surface area (Å²) in [7, 11) is 0. The van der Waals surface area contributed by atoms with E-state index in [1.807, 2.05) is 31.4 Å². The second-order valence-corrected chi connectivity index (χ2v) is 7.96. The predicted molar refractivity (Wildman–Crippen MR) is 111 cm³/mol. The number of amides is 3. The molecule has 0 unspecified atom stereocenters. The van der Waals surface area contributed by atoms with E-state index in [2.05, 4.69) is 54.1 Å². The fraction of sp³-hybridized carbons (Fsp3) is 0.429. The Bertz CT molecular complexity index is 726. The van der Waals surface area contributed by atoms with Crippen LogP contribution in [0.4, 0.5) is 4.79 Å². The number of rotatable bonds is 8. The Kier molecular flexibility index (Phi) is 8.00. The molecule has 6 heteroatoms. The molecule has 1 heterocycles. The molecule has 0 aliphatic carbocycles. The zero-order valence-electron chi connectivity index (χ0n) is 16.4. The first-order chi connectivity index (χ1) is 12.9. The number of urea groups is 1. The van der Waals surface area contributed by atoms with E-state index < -0.39 is 6.03 Å². The Hall–Kier alpha value is -2.18. The minimum absolute atomic E-state index is 0.0316. The Labute approximate surface area is 165 Å². The molecule has 27 heavy (non-hydrogen) atoms. The molecule has 1 aromatic heterocycles. The van der Waals surface area contributed by atoms with Crippen molar-refractivity contribution in [2.75, 3.05) is 6.54 Å². The molecule has 0 bridgehead atoms. The van der Waals surface area contributed by atoms with Gasteiger partial charge >= 0.3 is 6.03 Å². The SMILES string of the molecule is CC[C@@H](C)NC(=O)NC(=O)CN[C@@H](c1ccc(C(C)C)cc1)c1cccs1. The van der Waals surface area contributed by atoms with E-state index in [0.29, 0.717) is 5.92 Å². The summed E-state index contributed by atoms with van der Waals surface area (Å²) in [4.78, 5) is 25.1. The summed E-state index contributed by atoms with van der Waals surface area (Å²) < 4.78 is 0. The van der Waals surface area contributed by atoms with Gasteiger partial charge in [-0.3, -0.25) is 15.4 Å². The van der Waals surface area contributed by atoms with E-state index in [9.17, 15) is 9.59 Å². The Morgan fingerprint density at radius 3 is 2.26 bits per heavy atom. The number of carbonyl (C=O) groups is 2. The number of hydrogen-bond acceptors (Lipinski definition) is 4. The largest absolute Gasteiger partial charge is 0.335 e. The first-order valence-electron chi connectivity index (χ1n) is 9.37. The first kappa shape index (κ1) is 21.1. The van der Waals surface area contributed by atoms with E-state index in [-0.39, 0.29) is 24.5 Å². The van der Waals surface area contributed by atoms with Crippen LogP contribution < -0.4 is 16.0 Å². The standard InChI is InChI=1S/C21H29N3O2S/c1-5-15(4)23-21(26)24-19(25)13-22-20(18-7-6-12-27-18)17-10-8-16(9-11-17)14(2)3/h6-12,14-15,20,22H,5,13H2,1-4H3,(H2,23,24,25,26)/t15-,20+/m1/s1. The van der Waals surface area contributed by atoms with Gasteiger partial charge in [0, 0.05) is 10.9 Å². The molecule has 0 saturated carbocycles. The Morgan fingerprint density at radius 1 is 1.04 bits per heavy atom. The van der Waals surface area contributed by atoms with Gasteiger partial charge in [-0.05, 0) is 41.8 Å². The number of hydrogen-bond donors (Lipinski definition) is 3. The third-order valence-electron chi connectivity index (χ3n) is 4.47. The zero-order chi connectivity index (χ0) is 19.8. The second-order valence-electron chi connectivity index (χ2n) is 6.98. The summed E-state index contributed by atoms with van der Waals surface area (Å²) in [5.41, 5.74) is 2.38. The number of thiophene rings is 1. The highest BCUT2D eigenvalue weighted by atomic mass is 32.1. The minimum Gasteiger partial charge on any atom is -0.335 e. The van der Waals surface area contributed by atoms with Crippen molar-refractivity contribution in [3.8, 4) is 0 Å². The highest BCUT2D eigenvalue weighted by Crippen LogP contribution is 2.27. The monoisotopic (exact) mass is 387 g/mol. The normalized spacial score (nSPS) is 13.2. The maximum absolute atomic E-state index is 12.1. The molecular weight excluding hydrogens is 358 g/mol. The van der Waals surface area contributed by atoms with Crippen LogP contribution in [0.15, 0.2) is 41.8 Å². The molecule has 0 aliphatic rings. The maximum atomic E-state index is 12.1. The topological polar surface area (TPSA) is 70.2 Å². The molecule has 2 rings (SSSR count). The van der Waals surface area contributed by atoms with Crippen LogP contribution in [0, 0.1) is 0 Å². The van der Waals surface area contributed by atoms with Crippen molar-refractivity contribution in [3.05, 3.63) is 57.8 Å². The average molecular weight is 388 g/mol. The van der Waals surface area contributed by atoms with Crippen molar-refractivity contribution in [2.45, 2.75) is 52.1 Å². The van der Waals surface area contributed by atoms with Gasteiger partial charge in [-0.15, -0.1) is 11.3 Å². The molecule has 3 amide bonds. The molecule has 0 spiro atoms. The van der Waals surface area contributed by atoms with E-state index in [1.165, 1.54) is 5.56 Å². The van der Waals surface area contributed by atoms with E-state index in [0.717, 1.165) is 16.9 Å². The van der Waals surface area contributed by atoms with Crippen LogP contribution in [0.2, 0.25) is 0 Å². The van der Waals surface area contributed by atoms with Gasteiger partial charge in [-0.1, -0.05) is 51.1 Å². The Morgan fingerprint density at radius 2 is 1.70 bits per heavy atom. The maximum Gasteiger partial charge on any atom is 0.321 e. The Balaban J connectivity index is 2.01. The predicted octanol–water partition coefficient (Wildman–Crippen LogP) is 4.17. The first-order valence-corrected chi connectivity index (χ1v) is 10.3. The van der Waals surface area contributed by atoms with Gasteiger partial charge in [-0.2, -0.15) is 0 Å². The van der Waals surface area contributed by atoms with E-state index in [1.54, 1.807) is 11.3 Å². The molecule has 0 fully saturated rings. The van der Waals surface area contributed by atoms with Crippen LogP contribution in [-0.4, -0.2) is 24.5 Å². The fourth-order valence-corrected chi connectivity index (χ4v) is 3.47. The van der Waals surface area contributed by atoms with Gasteiger partial charge in [0.05, 0.1) is 12.6 Å². The average Bonchev–Trinajstić information content (AvgIpc) is 3.16. The molecule has 2 aromatic rings. The molecule has 2 atom stereocenters. The van der Waals surface area contributed by atoms with Crippen LogP contribution >= 0.6 is 11.3 Å². The number of imide groups is 1. The van der Waals surface area contributed by atoms with E-state index in [4.69, 9.17) is 0 Å². The lowest BCUT2D eigenvalue weighted by molar-refractivity contribution is -0.119. The highest BCUT2D eigenvalue weighted by molar-refractivity contribution is 7.10. The number of benzene rings is 1. The molecule has 146 valence electrons. The van der Waals surface area contributed by atoms with Gasteiger partial charge in [0.2, 0.25) is 5.91 Å². The van der Waals surface area contributed by atoms with Crippen molar-refractivity contribution in [1.82, 2.24) is 16.0 Å². The second kappa shape index (κ2) is 10.2. The lowest BCUT2D eigenvalue weighted by Gasteiger charge is -2.19. The summed E-state index contributed by atoms with van der Waals surface area (Å²) in [6, 6.07) is 12.0. The van der Waals surface area contributed by atoms with Crippen molar-refractivity contribution < 1.29 is 9.59 Å². The summed E-state index contributed by atoms with van der Waals surface area (Å²) in [5, 5.41) is 10.4. The van der Waals surface area contributed by atoms with Crippen molar-refractivity contribution in [3.63, 3.8) is 0 Å². The smallest absolute Gasteiger partial charge is 0.321 e. The number of nitrogens with one attached hydrogen (secondary N) is 3. The summed E-state index contributed by atoms with van der Waals surface area (Å²) in [5.74, 6) is 0.123. The summed E-state index contributed by atoms with van der Waals surface area (Å²) in [6.07, 6.45) is 0.812. The lowest BCUT2D eigenvalue weighted by Crippen LogP contribution is -2.46.